The molecular weight excluding hydrogens is 164 g/mol. The Morgan fingerprint density at radius 3 is 2.38 bits per heavy atom. The number of piperidine rings is 1. The highest BCUT2D eigenvalue weighted by Gasteiger charge is 2.24. The third kappa shape index (κ3) is 3.25. The summed E-state index contributed by atoms with van der Waals surface area (Å²) in [5.41, 5.74) is 3.30. The van der Waals surface area contributed by atoms with Gasteiger partial charge >= 0.3 is 0 Å². The molecule has 1 aliphatic rings. The van der Waals surface area contributed by atoms with Crippen molar-refractivity contribution in [3.05, 3.63) is 0 Å². The highest BCUT2D eigenvalue weighted by molar-refractivity contribution is 4.76. The van der Waals surface area contributed by atoms with Crippen LogP contribution >= 0.6 is 0 Å². The number of hydrogen-bond donors (Lipinski definition) is 2. The van der Waals surface area contributed by atoms with Gasteiger partial charge < -0.3 is 5.11 Å². The molecule has 1 heterocycles. The van der Waals surface area contributed by atoms with Gasteiger partial charge in [0.15, 0.2) is 0 Å². The minimum absolute atomic E-state index is 0.263. The number of nitrogens with zero attached hydrogens (tertiary/aromatic N) is 1. The first-order valence-electron chi connectivity index (χ1n) is 5.31. The second-order valence-corrected chi connectivity index (χ2v) is 4.25. The van der Waals surface area contributed by atoms with Crippen LogP contribution in [0.25, 0.3) is 0 Å². The van der Waals surface area contributed by atoms with Crippen LogP contribution in [0.4, 0.5) is 0 Å². The zero-order chi connectivity index (χ0) is 9.84. The van der Waals surface area contributed by atoms with Gasteiger partial charge in [0, 0.05) is 18.6 Å². The molecule has 0 aromatic rings. The van der Waals surface area contributed by atoms with E-state index in [-0.39, 0.29) is 6.10 Å². The Morgan fingerprint density at radius 1 is 1.38 bits per heavy atom. The van der Waals surface area contributed by atoms with Gasteiger partial charge in [-0.3, -0.25) is 5.43 Å². The van der Waals surface area contributed by atoms with Crippen LogP contribution in [-0.2, 0) is 0 Å². The van der Waals surface area contributed by atoms with E-state index in [1.165, 1.54) is 19.3 Å². The number of aliphatic hydroxyl groups is 1. The normalized spacial score (nSPS) is 33.2. The molecule has 3 nitrogen and oxygen atoms in total. The summed E-state index contributed by atoms with van der Waals surface area (Å²) in [7, 11) is 0. The molecule has 0 aromatic heterocycles. The van der Waals surface area contributed by atoms with Crippen molar-refractivity contribution < 1.29 is 5.11 Å². The predicted molar refractivity (Wildman–Crippen MR) is 54.3 cm³/mol. The molecule has 0 saturated carbocycles. The SMILES string of the molecule is CC1CCCC(C)N1NC[C@H](C)O. The van der Waals surface area contributed by atoms with Crippen molar-refractivity contribution >= 4 is 0 Å². The number of rotatable bonds is 3. The fourth-order valence-electron chi connectivity index (χ4n) is 1.97. The topological polar surface area (TPSA) is 35.5 Å². The summed E-state index contributed by atoms with van der Waals surface area (Å²) in [4.78, 5) is 0. The predicted octanol–water partition coefficient (Wildman–Crippen LogP) is 1.13. The fourth-order valence-corrected chi connectivity index (χ4v) is 1.97. The van der Waals surface area contributed by atoms with Crippen LogP contribution in [0.15, 0.2) is 0 Å². The Hall–Kier alpha value is -0.120. The molecule has 1 fully saturated rings. The molecule has 0 spiro atoms. The first-order valence-corrected chi connectivity index (χ1v) is 5.31. The largest absolute Gasteiger partial charge is 0.392 e. The molecule has 1 saturated heterocycles. The van der Waals surface area contributed by atoms with Crippen molar-refractivity contribution in [3.63, 3.8) is 0 Å². The lowest BCUT2D eigenvalue weighted by atomic mass is 10.00. The monoisotopic (exact) mass is 186 g/mol. The molecule has 3 heteroatoms. The summed E-state index contributed by atoms with van der Waals surface area (Å²) in [5, 5.41) is 11.5. The van der Waals surface area contributed by atoms with Crippen molar-refractivity contribution in [2.45, 2.75) is 58.2 Å². The standard InChI is InChI=1S/C10H22N2O/c1-8-5-4-6-9(2)12(8)11-7-10(3)13/h8-11,13H,4-7H2,1-3H3/t8?,9?,10-/m0/s1. The minimum Gasteiger partial charge on any atom is -0.392 e. The lowest BCUT2D eigenvalue weighted by Crippen LogP contribution is -2.53. The van der Waals surface area contributed by atoms with Crippen molar-refractivity contribution in [3.8, 4) is 0 Å². The zero-order valence-corrected chi connectivity index (χ0v) is 8.95. The van der Waals surface area contributed by atoms with E-state index >= 15 is 0 Å². The van der Waals surface area contributed by atoms with Crippen molar-refractivity contribution in [1.29, 1.82) is 0 Å². The molecule has 2 N–H and O–H groups in total. The van der Waals surface area contributed by atoms with Gasteiger partial charge in [-0.2, -0.15) is 0 Å². The molecule has 1 aliphatic heterocycles. The number of nitrogens with one attached hydrogen (secondary N) is 1. The Balaban J connectivity index is 2.35. The first kappa shape index (κ1) is 11.0. The smallest absolute Gasteiger partial charge is 0.0650 e. The molecule has 13 heavy (non-hydrogen) atoms. The number of aliphatic hydroxyl groups excluding tert-OH is 1. The van der Waals surface area contributed by atoms with Crippen molar-refractivity contribution in [1.82, 2.24) is 10.4 Å². The molecule has 0 bridgehead atoms. The maximum Gasteiger partial charge on any atom is 0.0650 e. The van der Waals surface area contributed by atoms with Gasteiger partial charge in [-0.25, -0.2) is 5.01 Å². The van der Waals surface area contributed by atoms with E-state index in [1.54, 1.807) is 0 Å². The van der Waals surface area contributed by atoms with Gasteiger partial charge in [-0.05, 0) is 33.6 Å². The van der Waals surface area contributed by atoms with Crippen LogP contribution in [0.3, 0.4) is 0 Å². The molecule has 0 aromatic carbocycles. The van der Waals surface area contributed by atoms with E-state index < -0.39 is 0 Å². The molecule has 1 rings (SSSR count). The Morgan fingerprint density at radius 2 is 1.92 bits per heavy atom. The van der Waals surface area contributed by atoms with E-state index in [0.717, 1.165) is 0 Å². The van der Waals surface area contributed by atoms with Crippen LogP contribution < -0.4 is 5.43 Å². The molecule has 0 amide bonds. The average molecular weight is 186 g/mol. The summed E-state index contributed by atoms with van der Waals surface area (Å²) < 4.78 is 0. The van der Waals surface area contributed by atoms with Crippen LogP contribution in [0, 0.1) is 0 Å². The van der Waals surface area contributed by atoms with Gasteiger partial charge in [0.2, 0.25) is 0 Å². The molecular formula is C10H22N2O. The van der Waals surface area contributed by atoms with Gasteiger partial charge in [0.25, 0.3) is 0 Å². The highest BCUT2D eigenvalue weighted by atomic mass is 16.3. The fraction of sp³-hybridized carbons (Fsp3) is 1.00. The third-order valence-electron chi connectivity index (χ3n) is 2.76. The molecule has 0 aliphatic carbocycles. The van der Waals surface area contributed by atoms with Gasteiger partial charge in [0.1, 0.15) is 0 Å². The van der Waals surface area contributed by atoms with Crippen LogP contribution in [0.5, 0.6) is 0 Å². The van der Waals surface area contributed by atoms with Crippen molar-refractivity contribution in [2.24, 2.45) is 0 Å². The Labute approximate surface area is 81.1 Å². The molecule has 2 unspecified atom stereocenters. The highest BCUT2D eigenvalue weighted by Crippen LogP contribution is 2.19. The maximum absolute atomic E-state index is 9.17. The van der Waals surface area contributed by atoms with E-state index in [0.29, 0.717) is 18.6 Å². The quantitative estimate of drug-likeness (QED) is 0.693. The van der Waals surface area contributed by atoms with Gasteiger partial charge in [-0.15, -0.1) is 0 Å². The number of hydrogen-bond acceptors (Lipinski definition) is 3. The van der Waals surface area contributed by atoms with Gasteiger partial charge in [-0.1, -0.05) is 6.42 Å². The maximum atomic E-state index is 9.17. The van der Waals surface area contributed by atoms with Crippen LogP contribution in [-0.4, -0.2) is 34.8 Å². The van der Waals surface area contributed by atoms with Gasteiger partial charge in [0.05, 0.1) is 6.10 Å². The van der Waals surface area contributed by atoms with E-state index in [4.69, 9.17) is 5.11 Å². The summed E-state index contributed by atoms with van der Waals surface area (Å²) in [6, 6.07) is 1.20. The second kappa shape index (κ2) is 4.94. The number of hydrazine groups is 1. The summed E-state index contributed by atoms with van der Waals surface area (Å²) >= 11 is 0. The molecule has 3 atom stereocenters. The third-order valence-corrected chi connectivity index (χ3v) is 2.76. The van der Waals surface area contributed by atoms with Crippen molar-refractivity contribution in [2.75, 3.05) is 6.54 Å². The molecule has 78 valence electrons. The minimum atomic E-state index is -0.263. The van der Waals surface area contributed by atoms with Crippen LogP contribution in [0.2, 0.25) is 0 Å². The van der Waals surface area contributed by atoms with E-state index in [2.05, 4.69) is 24.3 Å². The van der Waals surface area contributed by atoms with E-state index in [9.17, 15) is 0 Å². The average Bonchev–Trinajstić information content (AvgIpc) is 2.03. The Bertz CT molecular complexity index is 140. The Kier molecular flexibility index (Phi) is 4.16. The summed E-state index contributed by atoms with van der Waals surface area (Å²) in [6.07, 6.45) is 3.59. The lowest BCUT2D eigenvalue weighted by molar-refractivity contribution is 0.0295. The van der Waals surface area contributed by atoms with Crippen LogP contribution in [0.1, 0.15) is 40.0 Å². The summed E-state index contributed by atoms with van der Waals surface area (Å²) in [6.45, 7) is 6.95. The molecule has 0 radical (unpaired) electrons. The van der Waals surface area contributed by atoms with E-state index in [1.807, 2.05) is 6.92 Å². The lowest BCUT2D eigenvalue weighted by Gasteiger charge is -2.39. The zero-order valence-electron chi connectivity index (χ0n) is 8.95. The summed E-state index contributed by atoms with van der Waals surface area (Å²) in [5.74, 6) is 0. The first-order chi connectivity index (χ1) is 6.11. The second-order valence-electron chi connectivity index (χ2n) is 4.25.